The van der Waals surface area contributed by atoms with Crippen molar-refractivity contribution in [3.8, 4) is 17.2 Å². The molecule has 4 rings (SSSR count). The van der Waals surface area contributed by atoms with Gasteiger partial charge in [0.15, 0.2) is 0 Å². The van der Waals surface area contributed by atoms with Crippen LogP contribution in [-0.2, 0) is 25.6 Å². The van der Waals surface area contributed by atoms with Gasteiger partial charge < -0.3 is 28.6 Å². The second kappa shape index (κ2) is 13.8. The number of carbonyl (C=O) groups is 2. The maximum absolute atomic E-state index is 14.4. The predicted molar refractivity (Wildman–Crippen MR) is 145 cm³/mol. The van der Waals surface area contributed by atoms with Crippen molar-refractivity contribution in [3.63, 3.8) is 0 Å². The van der Waals surface area contributed by atoms with Crippen molar-refractivity contribution in [2.24, 2.45) is 0 Å². The molecule has 8 nitrogen and oxygen atoms in total. The van der Waals surface area contributed by atoms with Crippen LogP contribution in [-0.4, -0.2) is 46.4 Å². The number of ether oxygens (including phenoxy) is 5. The smallest absolute Gasteiger partial charge is 0.302 e. The maximum Gasteiger partial charge on any atom is 0.302 e. The zero-order chi connectivity index (χ0) is 28.5. The summed E-state index contributed by atoms with van der Waals surface area (Å²) in [7, 11) is 4.63. The molecule has 0 aliphatic carbocycles. The van der Waals surface area contributed by atoms with Gasteiger partial charge in [-0.2, -0.15) is 0 Å². The Bertz CT molecular complexity index is 1320. The minimum Gasteiger partial charge on any atom is -0.497 e. The molecule has 0 bridgehead atoms. The van der Waals surface area contributed by atoms with Crippen LogP contribution in [0.2, 0.25) is 5.02 Å². The molecule has 0 N–H and O–H groups in total. The van der Waals surface area contributed by atoms with Crippen LogP contribution in [0.1, 0.15) is 36.6 Å². The summed E-state index contributed by atoms with van der Waals surface area (Å²) in [5.41, 5.74) is 2.36. The van der Waals surface area contributed by atoms with Crippen LogP contribution in [0.15, 0.2) is 54.6 Å². The van der Waals surface area contributed by atoms with Gasteiger partial charge in [-0.15, -0.1) is 0 Å². The van der Waals surface area contributed by atoms with Crippen LogP contribution in [0.3, 0.4) is 0 Å². The van der Waals surface area contributed by atoms with E-state index in [1.165, 1.54) is 26.2 Å². The largest absolute Gasteiger partial charge is 0.497 e. The van der Waals surface area contributed by atoms with Crippen LogP contribution in [0.4, 0.5) is 10.1 Å². The molecule has 0 radical (unpaired) electrons. The van der Waals surface area contributed by atoms with Gasteiger partial charge in [0, 0.05) is 29.7 Å². The summed E-state index contributed by atoms with van der Waals surface area (Å²) < 4.78 is 40.8. The molecule has 208 valence electrons. The molecule has 0 saturated heterocycles. The molecule has 0 unspecified atom stereocenters. The van der Waals surface area contributed by atoms with Gasteiger partial charge in [-0.3, -0.25) is 9.59 Å². The minimum atomic E-state index is -0.759. The Morgan fingerprint density at radius 3 is 2.38 bits per heavy atom. The summed E-state index contributed by atoms with van der Waals surface area (Å²) in [6.07, 6.45) is -0.759. The first-order chi connectivity index (χ1) is 18.7. The van der Waals surface area contributed by atoms with Crippen molar-refractivity contribution in [3.05, 3.63) is 82.1 Å². The van der Waals surface area contributed by atoms with Crippen molar-refractivity contribution in [1.82, 2.24) is 0 Å². The lowest BCUT2D eigenvalue weighted by molar-refractivity contribution is -0.140. The number of amides is 1. The normalized spacial score (nSPS) is 14.4. The molecule has 0 spiro atoms. The Morgan fingerprint density at radius 1 is 1.03 bits per heavy atom. The molecule has 1 atom stereocenters. The Labute approximate surface area is 232 Å². The van der Waals surface area contributed by atoms with Gasteiger partial charge in [-0.1, -0.05) is 23.7 Å². The fraction of sp³-hybridized carbons (Fsp3) is 0.310. The molecule has 10 heteroatoms. The first-order valence-electron chi connectivity index (χ1n) is 12.1. The van der Waals surface area contributed by atoms with Crippen molar-refractivity contribution in [2.45, 2.75) is 26.5 Å². The van der Waals surface area contributed by atoms with Gasteiger partial charge in [0.1, 0.15) is 35.8 Å². The van der Waals surface area contributed by atoms with Crippen LogP contribution in [0.5, 0.6) is 17.2 Å². The number of carbonyl (C=O) groups excluding carboxylic acids is 2. The predicted octanol–water partition coefficient (Wildman–Crippen LogP) is 5.73. The highest BCUT2D eigenvalue weighted by Gasteiger charge is 2.32. The van der Waals surface area contributed by atoms with E-state index >= 15 is 0 Å². The highest BCUT2D eigenvalue weighted by molar-refractivity contribution is 6.33. The van der Waals surface area contributed by atoms with Crippen LogP contribution in [0.25, 0.3) is 0 Å². The number of hydrogen-bond donors (Lipinski definition) is 0. The summed E-state index contributed by atoms with van der Waals surface area (Å²) in [6.45, 7) is 3.64. The third-order valence-electron chi connectivity index (χ3n) is 5.90. The van der Waals surface area contributed by atoms with E-state index in [2.05, 4.69) is 4.74 Å². The quantitative estimate of drug-likeness (QED) is 0.342. The fourth-order valence-corrected chi connectivity index (χ4v) is 4.41. The first kappa shape index (κ1) is 29.7. The molecule has 3 aromatic rings. The molecule has 0 fully saturated rings. The minimum absolute atomic E-state index is 0.201. The Morgan fingerprint density at radius 2 is 1.77 bits per heavy atom. The zero-order valence-corrected chi connectivity index (χ0v) is 23.2. The lowest BCUT2D eigenvalue weighted by Crippen LogP contribution is -2.32. The van der Waals surface area contributed by atoms with E-state index in [4.69, 9.17) is 30.5 Å². The number of hydrogen-bond acceptors (Lipinski definition) is 7. The fourth-order valence-electron chi connectivity index (χ4n) is 4.11. The number of nitrogens with zero attached hydrogens (tertiary/aromatic N) is 1. The van der Waals surface area contributed by atoms with Crippen molar-refractivity contribution >= 4 is 29.2 Å². The monoisotopic (exact) mass is 559 g/mol. The summed E-state index contributed by atoms with van der Waals surface area (Å²) in [5.74, 6) is 0.739. The Hall–Kier alpha value is -3.82. The zero-order valence-electron chi connectivity index (χ0n) is 22.5. The van der Waals surface area contributed by atoms with Gasteiger partial charge in [-0.05, 0) is 43.3 Å². The van der Waals surface area contributed by atoms with E-state index in [9.17, 15) is 14.0 Å². The number of benzene rings is 3. The lowest BCUT2D eigenvalue weighted by Gasteiger charge is -2.25. The third-order valence-corrected chi connectivity index (χ3v) is 6.31. The third kappa shape index (κ3) is 7.19. The van der Waals surface area contributed by atoms with Gasteiger partial charge >= 0.3 is 5.97 Å². The van der Waals surface area contributed by atoms with E-state index in [1.807, 2.05) is 6.07 Å². The topological polar surface area (TPSA) is 83.5 Å². The number of anilines is 1. The van der Waals surface area contributed by atoms with E-state index in [-0.39, 0.29) is 25.0 Å². The second-order valence-corrected chi connectivity index (χ2v) is 8.72. The molecular formula is C29H31ClFNO7. The summed E-state index contributed by atoms with van der Waals surface area (Å²) in [6, 6.07) is 14.9. The molecule has 39 heavy (non-hydrogen) atoms. The SMILES string of the molecule is CCOC(C)=O.COc1ccc(CN2C(=O)CO[C@H](c3cccc(OC)c3Cl)c3cc(F)ccc32)c(OC)c1. The summed E-state index contributed by atoms with van der Waals surface area (Å²) >= 11 is 6.55. The van der Waals surface area contributed by atoms with Gasteiger partial charge in [0.2, 0.25) is 0 Å². The number of halogens is 2. The molecule has 1 aliphatic heterocycles. The van der Waals surface area contributed by atoms with E-state index in [0.29, 0.717) is 45.7 Å². The highest BCUT2D eigenvalue weighted by atomic mass is 35.5. The second-order valence-electron chi connectivity index (χ2n) is 8.34. The first-order valence-corrected chi connectivity index (χ1v) is 12.5. The molecule has 1 heterocycles. The van der Waals surface area contributed by atoms with Crippen LogP contribution >= 0.6 is 11.6 Å². The Kier molecular flexibility index (Phi) is 10.5. The Balaban J connectivity index is 0.000000631. The molecular weight excluding hydrogens is 529 g/mol. The number of methoxy groups -OCH3 is 3. The number of esters is 1. The number of rotatable bonds is 7. The molecule has 0 saturated carbocycles. The van der Waals surface area contributed by atoms with Gasteiger partial charge in [0.25, 0.3) is 5.91 Å². The summed E-state index contributed by atoms with van der Waals surface area (Å²) in [5, 5.41) is 0.345. The molecule has 1 aliphatic rings. The van der Waals surface area contributed by atoms with Crippen molar-refractivity contribution < 1.29 is 37.7 Å². The number of fused-ring (bicyclic) bond motifs is 1. The highest BCUT2D eigenvalue weighted by Crippen LogP contribution is 2.42. The molecule has 1 amide bonds. The summed E-state index contributed by atoms with van der Waals surface area (Å²) in [4.78, 5) is 24.5. The van der Waals surface area contributed by atoms with Gasteiger partial charge in [-0.25, -0.2) is 4.39 Å². The van der Waals surface area contributed by atoms with E-state index in [0.717, 1.165) is 5.56 Å². The van der Waals surface area contributed by atoms with Crippen LogP contribution in [0, 0.1) is 5.82 Å². The average molecular weight is 560 g/mol. The van der Waals surface area contributed by atoms with E-state index < -0.39 is 11.9 Å². The average Bonchev–Trinajstić information content (AvgIpc) is 3.05. The lowest BCUT2D eigenvalue weighted by atomic mass is 9.98. The van der Waals surface area contributed by atoms with Crippen LogP contribution < -0.4 is 19.1 Å². The molecule has 0 aromatic heterocycles. The molecule has 3 aromatic carbocycles. The standard InChI is InChI=1S/C25H23ClFNO5.C4H8O2/c1-30-17-9-7-15(22(12-17)32-3)13-28-20-10-8-16(27)11-19(20)25(33-14-23(28)29)18-5-4-6-21(31-2)24(18)26;1-3-6-4(2)5/h4-12,25H,13-14H2,1-3H3;3H2,1-2H3/t25-;/m1./s1. The van der Waals surface area contributed by atoms with E-state index in [1.54, 1.807) is 62.4 Å². The van der Waals surface area contributed by atoms with Crippen molar-refractivity contribution in [1.29, 1.82) is 0 Å². The maximum atomic E-state index is 14.4. The van der Waals surface area contributed by atoms with Crippen molar-refractivity contribution in [2.75, 3.05) is 39.4 Å². The van der Waals surface area contributed by atoms with Gasteiger partial charge in [0.05, 0.1) is 45.2 Å².